The molecule has 7 nitrogen and oxygen atoms in total. The number of anilines is 1. The predicted octanol–water partition coefficient (Wildman–Crippen LogP) is 6.12. The number of nitrogens with one attached hydrogen (secondary N) is 2. The van der Waals surface area contributed by atoms with Crippen LogP contribution < -0.4 is 15.5 Å². The van der Waals surface area contributed by atoms with Gasteiger partial charge in [-0.25, -0.2) is 9.67 Å². The summed E-state index contributed by atoms with van der Waals surface area (Å²) in [5.41, 5.74) is 6.52. The summed E-state index contributed by atoms with van der Waals surface area (Å²) in [5, 5.41) is 12.4. The van der Waals surface area contributed by atoms with E-state index in [0.29, 0.717) is 27.3 Å². The molecule has 0 saturated heterocycles. The van der Waals surface area contributed by atoms with Crippen LogP contribution in [0, 0.1) is 6.92 Å². The van der Waals surface area contributed by atoms with Gasteiger partial charge < -0.3 is 10.1 Å². The van der Waals surface area contributed by atoms with Crippen LogP contribution in [0.1, 0.15) is 11.1 Å². The van der Waals surface area contributed by atoms with Gasteiger partial charge in [0.25, 0.3) is 0 Å². The Bertz CT molecular complexity index is 1370. The molecule has 12 heteroatoms. The Labute approximate surface area is 214 Å². The molecule has 4 aromatic rings. The van der Waals surface area contributed by atoms with Crippen molar-refractivity contribution in [3.05, 3.63) is 89.2 Å². The van der Waals surface area contributed by atoms with Crippen LogP contribution in [-0.4, -0.2) is 32.5 Å². The molecule has 0 bridgehead atoms. The minimum atomic E-state index is -4.74. The Morgan fingerprint density at radius 3 is 2.47 bits per heavy atom. The number of ether oxygens (including phenoxy) is 1. The van der Waals surface area contributed by atoms with Gasteiger partial charge in [0, 0.05) is 5.56 Å². The maximum absolute atomic E-state index is 12.3. The Balaban J connectivity index is 1.36. The van der Waals surface area contributed by atoms with E-state index in [9.17, 15) is 13.2 Å². The van der Waals surface area contributed by atoms with Crippen molar-refractivity contribution >= 4 is 40.8 Å². The van der Waals surface area contributed by atoms with Crippen molar-refractivity contribution < 1.29 is 17.9 Å². The summed E-state index contributed by atoms with van der Waals surface area (Å²) in [6.45, 7) is 1.92. The first-order valence-electron chi connectivity index (χ1n) is 10.4. The molecule has 1 aromatic heterocycles. The monoisotopic (exact) mass is 530 g/mol. The quantitative estimate of drug-likeness (QED) is 0.178. The lowest BCUT2D eigenvalue weighted by molar-refractivity contribution is -0.274. The second-order valence-electron chi connectivity index (χ2n) is 7.43. The molecule has 184 valence electrons. The molecule has 0 radical (unpaired) electrons. The van der Waals surface area contributed by atoms with Gasteiger partial charge in [-0.3, -0.25) is 5.43 Å². The maximum atomic E-state index is 12.3. The van der Waals surface area contributed by atoms with Crippen molar-refractivity contribution in [3.63, 3.8) is 0 Å². The highest BCUT2D eigenvalue weighted by atomic mass is 35.5. The number of halogens is 4. The number of alkyl halides is 3. The van der Waals surface area contributed by atoms with Crippen LogP contribution in [0.5, 0.6) is 5.75 Å². The van der Waals surface area contributed by atoms with Crippen molar-refractivity contribution in [3.8, 4) is 22.8 Å². The molecule has 0 aliphatic rings. The highest BCUT2D eigenvalue weighted by molar-refractivity contribution is 7.80. The average molecular weight is 531 g/mol. The zero-order chi connectivity index (χ0) is 25.7. The van der Waals surface area contributed by atoms with E-state index in [1.807, 2.05) is 43.3 Å². The number of para-hydroxylation sites is 1. The van der Waals surface area contributed by atoms with E-state index < -0.39 is 6.36 Å². The molecule has 3 aromatic carbocycles. The lowest BCUT2D eigenvalue weighted by atomic mass is 10.1. The summed E-state index contributed by atoms with van der Waals surface area (Å²) in [5.74, 6) is 0.140. The van der Waals surface area contributed by atoms with E-state index in [-0.39, 0.29) is 5.75 Å². The molecular formula is C24H18ClF3N6OS. The summed E-state index contributed by atoms with van der Waals surface area (Å²) in [6, 6.07) is 18.2. The van der Waals surface area contributed by atoms with Gasteiger partial charge in [-0.05, 0) is 60.6 Å². The summed E-state index contributed by atoms with van der Waals surface area (Å²) in [6.07, 6.45) is -1.66. The van der Waals surface area contributed by atoms with E-state index in [0.717, 1.165) is 16.7 Å². The Morgan fingerprint density at radius 1 is 1.08 bits per heavy atom. The second-order valence-corrected chi connectivity index (χ2v) is 8.25. The van der Waals surface area contributed by atoms with Gasteiger partial charge in [0.2, 0.25) is 0 Å². The van der Waals surface area contributed by atoms with Crippen LogP contribution in [0.15, 0.2) is 78.2 Å². The molecule has 0 aliphatic carbocycles. The standard InChI is InChI=1S/C24H18ClF3N6OS/c1-15-3-2-4-20(25)21(15)31-23(36)32-30-13-16-5-7-17(8-6-16)22-29-14-34(33-22)18-9-11-19(12-10-18)35-24(26,27)28/h2-14H,1H3,(H2,31,32,36). The first-order valence-corrected chi connectivity index (χ1v) is 11.2. The van der Waals surface area contributed by atoms with Crippen molar-refractivity contribution in [2.75, 3.05) is 5.32 Å². The predicted molar refractivity (Wildman–Crippen MR) is 137 cm³/mol. The van der Waals surface area contributed by atoms with E-state index in [2.05, 4.69) is 30.7 Å². The summed E-state index contributed by atoms with van der Waals surface area (Å²) in [4.78, 5) is 4.27. The smallest absolute Gasteiger partial charge is 0.406 e. The van der Waals surface area contributed by atoms with Crippen LogP contribution in [0.4, 0.5) is 18.9 Å². The molecule has 2 N–H and O–H groups in total. The normalized spacial score (nSPS) is 11.5. The number of aromatic nitrogens is 3. The third-order valence-corrected chi connectivity index (χ3v) is 5.34. The number of benzene rings is 3. The van der Waals surface area contributed by atoms with Gasteiger partial charge in [0.1, 0.15) is 12.1 Å². The fourth-order valence-corrected chi connectivity index (χ4v) is 3.56. The zero-order valence-corrected chi connectivity index (χ0v) is 20.2. The Kier molecular flexibility index (Phi) is 7.51. The van der Waals surface area contributed by atoms with E-state index in [4.69, 9.17) is 23.8 Å². The van der Waals surface area contributed by atoms with Gasteiger partial charge >= 0.3 is 6.36 Å². The Morgan fingerprint density at radius 2 is 1.81 bits per heavy atom. The largest absolute Gasteiger partial charge is 0.573 e. The van der Waals surface area contributed by atoms with Gasteiger partial charge in [-0.2, -0.15) is 5.10 Å². The SMILES string of the molecule is Cc1cccc(Cl)c1NC(=S)NN=Cc1ccc(-c2ncn(-c3ccc(OC(F)(F)F)cc3)n2)cc1. The first kappa shape index (κ1) is 25.1. The number of hydrazone groups is 1. The number of aryl methyl sites for hydroxylation is 1. The molecule has 0 unspecified atom stereocenters. The highest BCUT2D eigenvalue weighted by Crippen LogP contribution is 2.25. The van der Waals surface area contributed by atoms with Gasteiger partial charge in [-0.15, -0.1) is 18.3 Å². The summed E-state index contributed by atoms with van der Waals surface area (Å²) < 4.78 is 42.3. The highest BCUT2D eigenvalue weighted by Gasteiger charge is 2.31. The van der Waals surface area contributed by atoms with Crippen molar-refractivity contribution in [1.82, 2.24) is 20.2 Å². The van der Waals surface area contributed by atoms with Crippen molar-refractivity contribution in [2.24, 2.45) is 5.10 Å². The molecule has 0 amide bonds. The molecule has 0 spiro atoms. The van der Waals surface area contributed by atoms with E-state index in [1.54, 1.807) is 12.3 Å². The van der Waals surface area contributed by atoms with E-state index in [1.165, 1.54) is 35.3 Å². The molecule has 0 atom stereocenters. The van der Waals surface area contributed by atoms with Crippen LogP contribution in [0.3, 0.4) is 0 Å². The van der Waals surface area contributed by atoms with Crippen LogP contribution in [0.2, 0.25) is 5.02 Å². The number of thiocarbonyl (C=S) groups is 1. The lowest BCUT2D eigenvalue weighted by Gasteiger charge is -2.11. The third kappa shape index (κ3) is 6.58. The minimum absolute atomic E-state index is 0.298. The minimum Gasteiger partial charge on any atom is -0.406 e. The topological polar surface area (TPSA) is 76.4 Å². The lowest BCUT2D eigenvalue weighted by Crippen LogP contribution is -2.24. The molecule has 0 saturated carbocycles. The maximum Gasteiger partial charge on any atom is 0.573 e. The molecule has 0 aliphatic heterocycles. The third-order valence-electron chi connectivity index (χ3n) is 4.84. The van der Waals surface area contributed by atoms with Crippen LogP contribution in [-0.2, 0) is 0 Å². The first-order chi connectivity index (χ1) is 17.2. The second kappa shape index (κ2) is 10.8. The van der Waals surface area contributed by atoms with Crippen molar-refractivity contribution in [2.45, 2.75) is 13.3 Å². The molecule has 36 heavy (non-hydrogen) atoms. The van der Waals surface area contributed by atoms with Crippen LogP contribution >= 0.6 is 23.8 Å². The zero-order valence-electron chi connectivity index (χ0n) is 18.6. The number of hydrogen-bond donors (Lipinski definition) is 2. The van der Waals surface area contributed by atoms with Crippen LogP contribution in [0.25, 0.3) is 17.1 Å². The molecule has 4 rings (SSSR count). The fraction of sp³-hybridized carbons (Fsp3) is 0.0833. The molecule has 0 fully saturated rings. The van der Waals surface area contributed by atoms with Gasteiger partial charge in [0.15, 0.2) is 10.9 Å². The van der Waals surface area contributed by atoms with Gasteiger partial charge in [0.05, 0.1) is 22.6 Å². The number of rotatable bonds is 6. The van der Waals surface area contributed by atoms with Gasteiger partial charge in [-0.1, -0.05) is 48.0 Å². The Hall–Kier alpha value is -3.96. The molecular weight excluding hydrogens is 513 g/mol. The summed E-state index contributed by atoms with van der Waals surface area (Å²) >= 11 is 11.4. The fourth-order valence-electron chi connectivity index (χ4n) is 3.14. The number of hydrogen-bond acceptors (Lipinski definition) is 5. The van der Waals surface area contributed by atoms with Crippen molar-refractivity contribution in [1.29, 1.82) is 0 Å². The average Bonchev–Trinajstić information content (AvgIpc) is 3.32. The molecule has 1 heterocycles. The summed E-state index contributed by atoms with van der Waals surface area (Å²) in [7, 11) is 0. The van der Waals surface area contributed by atoms with E-state index >= 15 is 0 Å². The number of nitrogens with zero attached hydrogens (tertiary/aromatic N) is 4.